The molecular weight excluding hydrogens is 352 g/mol. The van der Waals surface area contributed by atoms with E-state index in [-0.39, 0.29) is 6.04 Å². The molecule has 0 bridgehead atoms. The maximum absolute atomic E-state index is 6.20. The number of halogens is 2. The van der Waals surface area contributed by atoms with Gasteiger partial charge in [0.05, 0.1) is 13.2 Å². The minimum Gasteiger partial charge on any atom is -0.496 e. The van der Waals surface area contributed by atoms with Gasteiger partial charge in [0, 0.05) is 9.50 Å². The predicted octanol–water partition coefficient (Wildman–Crippen LogP) is 4.17. The normalized spacial score (nSPS) is 12.2. The number of hydrazine groups is 1. The zero-order valence-corrected chi connectivity index (χ0v) is 14.3. The molecule has 0 spiro atoms. The van der Waals surface area contributed by atoms with Crippen LogP contribution in [0.25, 0.3) is 0 Å². The fourth-order valence-electron chi connectivity index (χ4n) is 2.23. The average molecular weight is 370 g/mol. The Hall–Kier alpha value is -1.07. The van der Waals surface area contributed by atoms with E-state index in [9.17, 15) is 0 Å². The molecule has 2 aromatic rings. The number of hydrogen-bond donors (Lipinski definition) is 2. The van der Waals surface area contributed by atoms with Crippen LogP contribution in [0.2, 0.25) is 5.02 Å². The van der Waals surface area contributed by atoms with Gasteiger partial charge in [-0.25, -0.2) is 0 Å². The highest BCUT2D eigenvalue weighted by molar-refractivity contribution is 9.10. The Labute approximate surface area is 138 Å². The van der Waals surface area contributed by atoms with Gasteiger partial charge < -0.3 is 4.74 Å². The zero-order valence-electron chi connectivity index (χ0n) is 12.0. The molecule has 0 aromatic heterocycles. The summed E-state index contributed by atoms with van der Waals surface area (Å²) in [5, 5.41) is 0.744. The van der Waals surface area contributed by atoms with Crippen molar-refractivity contribution >= 4 is 27.5 Å². The van der Waals surface area contributed by atoms with Crippen LogP contribution in [-0.4, -0.2) is 7.11 Å². The zero-order chi connectivity index (χ0) is 15.4. The van der Waals surface area contributed by atoms with E-state index in [2.05, 4.69) is 21.4 Å². The van der Waals surface area contributed by atoms with Crippen molar-refractivity contribution in [2.75, 3.05) is 7.11 Å². The second kappa shape index (κ2) is 7.27. The third-order valence-corrected chi connectivity index (χ3v) is 4.37. The van der Waals surface area contributed by atoms with Crippen LogP contribution in [0.4, 0.5) is 0 Å². The molecule has 0 heterocycles. The molecule has 21 heavy (non-hydrogen) atoms. The number of hydrogen-bond acceptors (Lipinski definition) is 3. The largest absolute Gasteiger partial charge is 0.496 e. The quantitative estimate of drug-likeness (QED) is 0.614. The molecule has 0 fully saturated rings. The van der Waals surface area contributed by atoms with Crippen LogP contribution in [-0.2, 0) is 6.42 Å². The highest BCUT2D eigenvalue weighted by Gasteiger charge is 2.15. The minimum atomic E-state index is -0.0358. The monoisotopic (exact) mass is 368 g/mol. The number of rotatable bonds is 5. The number of methoxy groups -OCH3 is 1. The standard InChI is InChI=1S/C16H18BrClN2O/c1-10-3-4-11(8-14(10)18)15(20-19)9-12-7-13(17)5-6-16(12)21-2/h3-8,15,20H,9,19H2,1-2H3. The van der Waals surface area contributed by atoms with Crippen LogP contribution in [0, 0.1) is 6.92 Å². The lowest BCUT2D eigenvalue weighted by molar-refractivity contribution is 0.405. The molecule has 3 N–H and O–H groups in total. The Morgan fingerprint density at radius 2 is 2.05 bits per heavy atom. The summed E-state index contributed by atoms with van der Waals surface area (Å²) >= 11 is 9.69. The summed E-state index contributed by atoms with van der Waals surface area (Å²) < 4.78 is 6.42. The molecule has 112 valence electrons. The van der Waals surface area contributed by atoms with Gasteiger partial charge >= 0.3 is 0 Å². The van der Waals surface area contributed by atoms with E-state index in [1.54, 1.807) is 7.11 Å². The molecule has 0 radical (unpaired) electrons. The fourth-order valence-corrected chi connectivity index (χ4v) is 2.82. The summed E-state index contributed by atoms with van der Waals surface area (Å²) in [7, 11) is 1.67. The Kier molecular flexibility index (Phi) is 5.65. The summed E-state index contributed by atoms with van der Waals surface area (Å²) in [6.45, 7) is 1.98. The predicted molar refractivity (Wildman–Crippen MR) is 90.7 cm³/mol. The summed E-state index contributed by atoms with van der Waals surface area (Å²) in [4.78, 5) is 0. The Bertz CT molecular complexity index is 634. The highest BCUT2D eigenvalue weighted by Crippen LogP contribution is 2.29. The van der Waals surface area contributed by atoms with Gasteiger partial charge in [0.25, 0.3) is 0 Å². The fraction of sp³-hybridized carbons (Fsp3) is 0.250. The van der Waals surface area contributed by atoms with E-state index in [0.717, 1.165) is 31.9 Å². The first kappa shape index (κ1) is 16.3. The van der Waals surface area contributed by atoms with Crippen LogP contribution in [0.1, 0.15) is 22.7 Å². The van der Waals surface area contributed by atoms with E-state index in [4.69, 9.17) is 22.2 Å². The van der Waals surface area contributed by atoms with Gasteiger partial charge in [-0.05, 0) is 54.3 Å². The van der Waals surface area contributed by atoms with Crippen molar-refractivity contribution < 1.29 is 4.74 Å². The second-order valence-electron chi connectivity index (χ2n) is 4.89. The summed E-state index contributed by atoms with van der Waals surface area (Å²) in [5.41, 5.74) is 6.03. The maximum atomic E-state index is 6.20. The molecule has 0 saturated heterocycles. The maximum Gasteiger partial charge on any atom is 0.122 e. The molecule has 2 aromatic carbocycles. The first-order valence-electron chi connectivity index (χ1n) is 6.59. The average Bonchev–Trinajstić information content (AvgIpc) is 2.48. The van der Waals surface area contributed by atoms with E-state index in [0.29, 0.717) is 6.42 Å². The van der Waals surface area contributed by atoms with Crippen molar-refractivity contribution in [3.8, 4) is 5.75 Å². The van der Waals surface area contributed by atoms with Gasteiger partial charge in [0.2, 0.25) is 0 Å². The van der Waals surface area contributed by atoms with E-state index < -0.39 is 0 Å². The van der Waals surface area contributed by atoms with E-state index >= 15 is 0 Å². The second-order valence-corrected chi connectivity index (χ2v) is 6.21. The third kappa shape index (κ3) is 3.98. The molecular formula is C16H18BrClN2O. The molecule has 2 rings (SSSR count). The number of benzene rings is 2. The van der Waals surface area contributed by atoms with Gasteiger partial charge in [-0.2, -0.15) is 0 Å². The first-order chi connectivity index (χ1) is 10.0. The smallest absolute Gasteiger partial charge is 0.122 e. The topological polar surface area (TPSA) is 47.3 Å². The first-order valence-corrected chi connectivity index (χ1v) is 7.77. The van der Waals surface area contributed by atoms with Crippen molar-refractivity contribution in [2.24, 2.45) is 5.84 Å². The lowest BCUT2D eigenvalue weighted by Crippen LogP contribution is -2.29. The molecule has 1 atom stereocenters. The van der Waals surface area contributed by atoms with E-state index in [1.165, 1.54) is 0 Å². The van der Waals surface area contributed by atoms with Gasteiger partial charge in [-0.3, -0.25) is 11.3 Å². The molecule has 0 aliphatic heterocycles. The molecule has 0 amide bonds. The summed E-state index contributed by atoms with van der Waals surface area (Å²) in [6, 6.07) is 11.9. The van der Waals surface area contributed by atoms with Crippen molar-refractivity contribution in [2.45, 2.75) is 19.4 Å². The van der Waals surface area contributed by atoms with Crippen LogP contribution < -0.4 is 16.0 Å². The van der Waals surface area contributed by atoms with Crippen molar-refractivity contribution in [3.63, 3.8) is 0 Å². The molecule has 0 aliphatic carbocycles. The van der Waals surface area contributed by atoms with Gasteiger partial charge in [-0.15, -0.1) is 0 Å². The van der Waals surface area contributed by atoms with Crippen molar-refractivity contribution in [1.82, 2.24) is 5.43 Å². The number of aryl methyl sites for hydroxylation is 1. The molecule has 1 unspecified atom stereocenters. The number of nitrogens with two attached hydrogens (primary N) is 1. The van der Waals surface area contributed by atoms with Gasteiger partial charge in [-0.1, -0.05) is 39.7 Å². The Morgan fingerprint density at radius 1 is 1.29 bits per heavy atom. The van der Waals surface area contributed by atoms with E-state index in [1.807, 2.05) is 43.3 Å². The van der Waals surface area contributed by atoms with Gasteiger partial charge in [0.1, 0.15) is 5.75 Å². The summed E-state index contributed by atoms with van der Waals surface area (Å²) in [5.74, 6) is 6.57. The molecule has 3 nitrogen and oxygen atoms in total. The van der Waals surface area contributed by atoms with Crippen LogP contribution in [0.3, 0.4) is 0 Å². The van der Waals surface area contributed by atoms with Crippen LogP contribution >= 0.6 is 27.5 Å². The van der Waals surface area contributed by atoms with Gasteiger partial charge in [0.15, 0.2) is 0 Å². The molecule has 0 saturated carbocycles. The Morgan fingerprint density at radius 3 is 2.67 bits per heavy atom. The number of ether oxygens (including phenoxy) is 1. The summed E-state index contributed by atoms with van der Waals surface area (Å²) in [6.07, 6.45) is 0.707. The van der Waals surface area contributed by atoms with Crippen molar-refractivity contribution in [3.05, 3.63) is 62.6 Å². The third-order valence-electron chi connectivity index (χ3n) is 3.47. The van der Waals surface area contributed by atoms with Crippen LogP contribution in [0.15, 0.2) is 40.9 Å². The lowest BCUT2D eigenvalue weighted by atomic mass is 9.98. The highest BCUT2D eigenvalue weighted by atomic mass is 79.9. The Balaban J connectivity index is 2.30. The number of nitrogens with one attached hydrogen (secondary N) is 1. The lowest BCUT2D eigenvalue weighted by Gasteiger charge is -2.19. The van der Waals surface area contributed by atoms with Crippen molar-refractivity contribution in [1.29, 1.82) is 0 Å². The molecule has 0 aliphatic rings. The van der Waals surface area contributed by atoms with Crippen LogP contribution in [0.5, 0.6) is 5.75 Å². The SMILES string of the molecule is COc1ccc(Br)cc1CC(NN)c1ccc(C)c(Cl)c1. The molecule has 5 heteroatoms. The minimum absolute atomic E-state index is 0.0358.